The molecule has 3 nitrogen and oxygen atoms in total. The quantitative estimate of drug-likeness (QED) is 0.567. The van der Waals surface area contributed by atoms with E-state index in [0.717, 1.165) is 6.54 Å². The van der Waals surface area contributed by atoms with Crippen LogP contribution in [0.15, 0.2) is 9.98 Å². The summed E-state index contributed by atoms with van der Waals surface area (Å²) in [5.41, 5.74) is -0.196. The average Bonchev–Trinajstić information content (AvgIpc) is 1.88. The molecule has 11 heavy (non-hydrogen) atoms. The zero-order chi connectivity index (χ0) is 8.91. The predicted molar refractivity (Wildman–Crippen MR) is 48.2 cm³/mol. The van der Waals surface area contributed by atoms with Crippen molar-refractivity contribution in [3.8, 4) is 0 Å². The Morgan fingerprint density at radius 3 is 2.27 bits per heavy atom. The minimum absolute atomic E-state index is 0.196. The van der Waals surface area contributed by atoms with Gasteiger partial charge in [-0.25, -0.2) is 9.98 Å². The lowest BCUT2D eigenvalue weighted by atomic mass is 10.2. The van der Waals surface area contributed by atoms with Crippen molar-refractivity contribution in [2.45, 2.75) is 26.4 Å². The minimum atomic E-state index is -0.196. The second-order valence-electron chi connectivity index (χ2n) is 3.07. The highest BCUT2D eigenvalue weighted by Crippen LogP contribution is 2.09. The van der Waals surface area contributed by atoms with E-state index >= 15 is 0 Å². The fraction of sp³-hybridized carbons (Fsp3) is 0.875. The molecule has 0 aliphatic heterocycles. The number of hydrogen-bond acceptors (Lipinski definition) is 3. The summed E-state index contributed by atoms with van der Waals surface area (Å²) in [6.45, 7) is 6.74. The first-order valence-electron chi connectivity index (χ1n) is 3.81. The maximum atomic E-state index is 4.15. The summed E-state index contributed by atoms with van der Waals surface area (Å²) in [6, 6.07) is 2.66. The number of rotatable bonds is 3. The van der Waals surface area contributed by atoms with Gasteiger partial charge in [-0.15, -0.1) is 0 Å². The summed E-state index contributed by atoms with van der Waals surface area (Å²) in [7, 11) is 3.97. The summed E-state index contributed by atoms with van der Waals surface area (Å²) >= 11 is 0. The fourth-order valence-corrected chi connectivity index (χ4v) is 0.328. The summed E-state index contributed by atoms with van der Waals surface area (Å²) in [6.07, 6.45) is 0. The average molecular weight is 155 g/mol. The summed E-state index contributed by atoms with van der Waals surface area (Å²) in [5, 5.41) is 0. The predicted octanol–water partition coefficient (Wildman–Crippen LogP) is 1.48. The first kappa shape index (κ1) is 10.3. The van der Waals surface area contributed by atoms with E-state index in [1.807, 2.05) is 39.8 Å². The summed E-state index contributed by atoms with van der Waals surface area (Å²) < 4.78 is 0. The van der Waals surface area contributed by atoms with Crippen molar-refractivity contribution in [3.05, 3.63) is 0 Å². The first-order valence-corrected chi connectivity index (χ1v) is 3.81. The normalized spacial score (nSPS) is 11.1. The lowest BCUT2D eigenvalue weighted by Crippen LogP contribution is -2.35. The van der Waals surface area contributed by atoms with Gasteiger partial charge in [0.25, 0.3) is 0 Å². The largest absolute Gasteiger partial charge is 0.285 e. The van der Waals surface area contributed by atoms with Gasteiger partial charge in [0.05, 0.1) is 6.01 Å². The molecule has 0 aliphatic carbocycles. The lowest BCUT2D eigenvalue weighted by molar-refractivity contribution is 0.208. The van der Waals surface area contributed by atoms with Crippen LogP contribution in [-0.4, -0.2) is 37.2 Å². The van der Waals surface area contributed by atoms with Crippen molar-refractivity contribution in [2.75, 3.05) is 20.6 Å². The Bertz CT molecular complexity index is 164. The molecule has 0 bridgehead atoms. The molecule has 0 rings (SSSR count). The highest BCUT2D eigenvalue weighted by molar-refractivity contribution is 5.41. The molecule has 0 saturated heterocycles. The molecule has 0 saturated carbocycles. The maximum Gasteiger partial charge on any atom is 0.118 e. The Morgan fingerprint density at radius 1 is 1.36 bits per heavy atom. The van der Waals surface area contributed by atoms with Crippen molar-refractivity contribution in [1.82, 2.24) is 4.90 Å². The molecule has 0 spiro atoms. The zero-order valence-corrected chi connectivity index (χ0v) is 8.05. The van der Waals surface area contributed by atoms with Gasteiger partial charge in [0.15, 0.2) is 0 Å². The third-order valence-corrected chi connectivity index (χ3v) is 1.65. The molecule has 0 radical (unpaired) electrons. The number of nitrogens with zero attached hydrogens (tertiary/aromatic N) is 3. The molecular weight excluding hydrogens is 138 g/mol. The highest BCUT2D eigenvalue weighted by atomic mass is 15.2. The molecule has 3 heteroatoms. The topological polar surface area (TPSA) is 28.0 Å². The van der Waals surface area contributed by atoms with E-state index in [1.54, 1.807) is 0 Å². The van der Waals surface area contributed by atoms with E-state index in [1.165, 1.54) is 0 Å². The monoisotopic (exact) mass is 155 g/mol. The van der Waals surface area contributed by atoms with Crippen LogP contribution in [0.25, 0.3) is 0 Å². The van der Waals surface area contributed by atoms with E-state index in [9.17, 15) is 0 Å². The maximum absolute atomic E-state index is 4.15. The van der Waals surface area contributed by atoms with Gasteiger partial charge in [-0.3, -0.25) is 4.90 Å². The Labute approximate surface area is 68.8 Å². The zero-order valence-electron chi connectivity index (χ0n) is 8.05. The van der Waals surface area contributed by atoms with Gasteiger partial charge in [-0.1, -0.05) is 0 Å². The molecular formula is C8H17N3. The van der Waals surface area contributed by atoms with Crippen LogP contribution in [0, 0.1) is 0 Å². The van der Waals surface area contributed by atoms with Gasteiger partial charge in [-0.2, -0.15) is 0 Å². The van der Waals surface area contributed by atoms with E-state index in [4.69, 9.17) is 0 Å². The minimum Gasteiger partial charge on any atom is -0.285 e. The molecule has 0 fully saturated rings. The van der Waals surface area contributed by atoms with Gasteiger partial charge in [0, 0.05) is 6.54 Å². The van der Waals surface area contributed by atoms with Crippen LogP contribution in [0.5, 0.6) is 0 Å². The van der Waals surface area contributed by atoms with Crippen LogP contribution in [0.1, 0.15) is 20.8 Å². The lowest BCUT2D eigenvalue weighted by Gasteiger charge is -2.26. The SMILES string of the molecule is CCN=C=NC(C)(C)N(C)C. The third-order valence-electron chi connectivity index (χ3n) is 1.65. The van der Waals surface area contributed by atoms with Gasteiger partial charge < -0.3 is 0 Å². The second kappa shape index (κ2) is 4.27. The standard InChI is InChI=1S/C8H17N3/c1-6-9-7-10-8(2,3)11(4)5/h6H2,1-5H3. The number of hydrogen-bond donors (Lipinski definition) is 0. The van der Waals surface area contributed by atoms with Crippen LogP contribution in [0.3, 0.4) is 0 Å². The molecule has 0 unspecified atom stereocenters. The molecule has 64 valence electrons. The summed E-state index contributed by atoms with van der Waals surface area (Å²) in [4.78, 5) is 10.1. The van der Waals surface area contributed by atoms with Crippen LogP contribution in [0.2, 0.25) is 0 Å². The molecule has 0 amide bonds. The van der Waals surface area contributed by atoms with Crippen LogP contribution >= 0.6 is 0 Å². The van der Waals surface area contributed by atoms with Crippen LogP contribution in [0.4, 0.5) is 0 Å². The molecule has 0 aromatic rings. The van der Waals surface area contributed by atoms with Gasteiger partial charge in [0.2, 0.25) is 0 Å². The molecule has 0 N–H and O–H groups in total. The van der Waals surface area contributed by atoms with E-state index in [2.05, 4.69) is 16.0 Å². The van der Waals surface area contributed by atoms with Crippen LogP contribution in [-0.2, 0) is 0 Å². The Hall–Kier alpha value is -0.660. The van der Waals surface area contributed by atoms with Gasteiger partial charge >= 0.3 is 0 Å². The van der Waals surface area contributed by atoms with E-state index in [-0.39, 0.29) is 5.66 Å². The van der Waals surface area contributed by atoms with Crippen molar-refractivity contribution < 1.29 is 0 Å². The highest BCUT2D eigenvalue weighted by Gasteiger charge is 2.17. The van der Waals surface area contributed by atoms with Crippen molar-refractivity contribution in [3.63, 3.8) is 0 Å². The molecule has 0 aliphatic rings. The fourth-order valence-electron chi connectivity index (χ4n) is 0.328. The van der Waals surface area contributed by atoms with Gasteiger partial charge in [0.1, 0.15) is 5.66 Å². The molecule has 0 atom stereocenters. The van der Waals surface area contributed by atoms with Crippen molar-refractivity contribution >= 4 is 6.01 Å². The third kappa shape index (κ3) is 3.91. The Kier molecular flexibility index (Phi) is 4.01. The first-order chi connectivity index (χ1) is 5.00. The van der Waals surface area contributed by atoms with Crippen molar-refractivity contribution in [2.24, 2.45) is 9.98 Å². The number of aliphatic imine (C=N–C) groups is 2. The molecule has 0 heterocycles. The van der Waals surface area contributed by atoms with E-state index in [0.29, 0.717) is 0 Å². The van der Waals surface area contributed by atoms with Crippen molar-refractivity contribution in [1.29, 1.82) is 0 Å². The molecule has 0 aromatic heterocycles. The smallest absolute Gasteiger partial charge is 0.118 e. The second-order valence-corrected chi connectivity index (χ2v) is 3.07. The van der Waals surface area contributed by atoms with E-state index < -0.39 is 0 Å². The van der Waals surface area contributed by atoms with Crippen LogP contribution < -0.4 is 0 Å². The summed E-state index contributed by atoms with van der Waals surface area (Å²) in [5.74, 6) is 0. The Morgan fingerprint density at radius 2 is 1.91 bits per heavy atom. The molecule has 0 aromatic carbocycles. The van der Waals surface area contributed by atoms with Gasteiger partial charge in [-0.05, 0) is 34.9 Å². The Balaban J connectivity index is 4.22.